The first-order chi connectivity index (χ1) is 11.2. The number of ketones is 1. The number of aromatic hydroxyl groups is 2. The summed E-state index contributed by atoms with van der Waals surface area (Å²) in [4.78, 5) is 24.9. The molecule has 1 aliphatic heterocycles. The Balaban J connectivity index is 0.00000312. The minimum atomic E-state index is -0.558. The van der Waals surface area contributed by atoms with Crippen LogP contribution in [-0.2, 0) is 16.0 Å². The molecule has 0 aliphatic carbocycles. The summed E-state index contributed by atoms with van der Waals surface area (Å²) in [5.41, 5.74) is 0.476. The maximum absolute atomic E-state index is 12.7. The molecular formula is C18H23ClO6. The van der Waals surface area contributed by atoms with E-state index in [-0.39, 0.29) is 45.8 Å². The molecule has 0 fully saturated rings. The van der Waals surface area contributed by atoms with Crippen LogP contribution in [0, 0.1) is 5.92 Å². The highest BCUT2D eigenvalue weighted by Gasteiger charge is 2.27. The quantitative estimate of drug-likeness (QED) is 0.681. The molecule has 0 saturated carbocycles. The average Bonchev–Trinajstić information content (AvgIpc) is 2.50. The minimum absolute atomic E-state index is 0. The van der Waals surface area contributed by atoms with Crippen molar-refractivity contribution in [2.24, 2.45) is 5.92 Å². The van der Waals surface area contributed by atoms with Gasteiger partial charge in [0.25, 0.3) is 0 Å². The molecule has 0 bridgehead atoms. The van der Waals surface area contributed by atoms with Gasteiger partial charge in [0, 0.05) is 11.6 Å². The van der Waals surface area contributed by atoms with Gasteiger partial charge >= 0.3 is 5.97 Å². The van der Waals surface area contributed by atoms with Gasteiger partial charge in [-0.25, -0.2) is 0 Å². The van der Waals surface area contributed by atoms with Crippen LogP contribution >= 0.6 is 11.6 Å². The number of esters is 1. The Morgan fingerprint density at radius 1 is 1.20 bits per heavy atom. The van der Waals surface area contributed by atoms with Crippen molar-refractivity contribution < 1.29 is 30.0 Å². The summed E-state index contributed by atoms with van der Waals surface area (Å²) >= 11 is 6.08. The summed E-state index contributed by atoms with van der Waals surface area (Å²) in [5.74, 6) is -1.63. The summed E-state index contributed by atoms with van der Waals surface area (Å²) in [6.07, 6.45) is 2.65. The molecule has 1 aliphatic rings. The van der Waals surface area contributed by atoms with Crippen LogP contribution in [0.5, 0.6) is 11.5 Å². The molecule has 2 atom stereocenters. The van der Waals surface area contributed by atoms with E-state index in [0.29, 0.717) is 12.0 Å². The second kappa shape index (κ2) is 8.36. The summed E-state index contributed by atoms with van der Waals surface area (Å²) < 4.78 is 5.40. The number of hydrogen-bond donors (Lipinski definition) is 2. The summed E-state index contributed by atoms with van der Waals surface area (Å²) in [6, 6.07) is 1.01. The first-order valence-electron chi connectivity index (χ1n) is 7.86. The lowest BCUT2D eigenvalue weighted by atomic mass is 9.93. The molecule has 138 valence electrons. The van der Waals surface area contributed by atoms with Crippen LogP contribution in [-0.4, -0.2) is 33.5 Å². The van der Waals surface area contributed by atoms with Crippen LogP contribution in [0.2, 0.25) is 5.02 Å². The Hall–Kier alpha value is -2.05. The zero-order valence-corrected chi connectivity index (χ0v) is 15.2. The molecular weight excluding hydrogens is 348 g/mol. The van der Waals surface area contributed by atoms with Gasteiger partial charge in [-0.2, -0.15) is 0 Å². The standard InChI is InChI=1S/C18H21ClO5.H2O/c1-9-5-4-6-10(2)18(23)16-12(7-15(22)24-11(9)3)17(19)14(21)8-13(16)20;/h6,8-9,11,20-21H,4-5,7H2,1-3H3;1H2/b10-6+;/t9-,11+;/m0./s1. The highest BCUT2D eigenvalue weighted by Crippen LogP contribution is 2.38. The van der Waals surface area contributed by atoms with Crippen molar-refractivity contribution in [2.45, 2.75) is 46.1 Å². The molecule has 0 amide bonds. The molecule has 0 aromatic heterocycles. The van der Waals surface area contributed by atoms with Gasteiger partial charge in [0.15, 0.2) is 5.78 Å². The predicted molar refractivity (Wildman–Crippen MR) is 94.1 cm³/mol. The summed E-state index contributed by atoms with van der Waals surface area (Å²) in [6.45, 7) is 5.45. The predicted octanol–water partition coefficient (Wildman–Crippen LogP) is 2.96. The van der Waals surface area contributed by atoms with Crippen molar-refractivity contribution >= 4 is 23.4 Å². The highest BCUT2D eigenvalue weighted by atomic mass is 35.5. The third-order valence-electron chi connectivity index (χ3n) is 4.42. The van der Waals surface area contributed by atoms with E-state index in [1.54, 1.807) is 13.0 Å². The molecule has 0 radical (unpaired) electrons. The number of phenols is 2. The van der Waals surface area contributed by atoms with E-state index in [1.807, 2.05) is 13.8 Å². The second-order valence-electron chi connectivity index (χ2n) is 6.23. The number of rotatable bonds is 0. The first-order valence-corrected chi connectivity index (χ1v) is 8.24. The van der Waals surface area contributed by atoms with Gasteiger partial charge in [-0.15, -0.1) is 0 Å². The Bertz CT molecular complexity index is 710. The molecule has 25 heavy (non-hydrogen) atoms. The lowest BCUT2D eigenvalue weighted by Gasteiger charge is -2.22. The van der Waals surface area contributed by atoms with E-state index in [9.17, 15) is 19.8 Å². The monoisotopic (exact) mass is 370 g/mol. The number of Topliss-reactive ketones (excluding diaryl/α,β-unsaturated/α-hetero) is 1. The third-order valence-corrected chi connectivity index (χ3v) is 4.84. The number of halogens is 1. The van der Waals surface area contributed by atoms with Crippen LogP contribution in [0.1, 0.15) is 49.5 Å². The van der Waals surface area contributed by atoms with Gasteiger partial charge in [-0.05, 0) is 38.2 Å². The largest absolute Gasteiger partial charge is 0.507 e. The van der Waals surface area contributed by atoms with Crippen LogP contribution in [0.4, 0.5) is 0 Å². The highest BCUT2D eigenvalue weighted by molar-refractivity contribution is 6.34. The normalized spacial score (nSPS) is 23.9. The zero-order valence-electron chi connectivity index (χ0n) is 14.4. The number of fused-ring (bicyclic) bond motifs is 1. The van der Waals surface area contributed by atoms with Crippen molar-refractivity contribution in [3.8, 4) is 11.5 Å². The number of hydrogen-bond acceptors (Lipinski definition) is 5. The van der Waals surface area contributed by atoms with Gasteiger partial charge in [0.1, 0.15) is 17.6 Å². The van der Waals surface area contributed by atoms with Gasteiger partial charge in [0.05, 0.1) is 17.0 Å². The summed E-state index contributed by atoms with van der Waals surface area (Å²) in [5, 5.41) is 19.8. The molecule has 2 rings (SSSR count). The second-order valence-corrected chi connectivity index (χ2v) is 6.60. The fourth-order valence-electron chi connectivity index (χ4n) is 2.70. The minimum Gasteiger partial charge on any atom is -0.507 e. The van der Waals surface area contributed by atoms with E-state index < -0.39 is 17.5 Å². The maximum Gasteiger partial charge on any atom is 0.310 e. The SMILES string of the molecule is C/C1=C\CC[C@H](C)[C@@H](C)OC(=O)Cc2c(Cl)c(O)cc(O)c2C1=O.O. The Kier molecular flexibility index (Phi) is 7.02. The molecule has 4 N–H and O–H groups in total. The molecule has 1 aromatic carbocycles. The molecule has 1 aromatic rings. The number of benzene rings is 1. The van der Waals surface area contributed by atoms with Gasteiger partial charge in [-0.3, -0.25) is 9.59 Å². The van der Waals surface area contributed by atoms with E-state index >= 15 is 0 Å². The fourth-order valence-corrected chi connectivity index (χ4v) is 2.92. The molecule has 0 spiro atoms. The van der Waals surface area contributed by atoms with Crippen molar-refractivity contribution in [1.82, 2.24) is 0 Å². The zero-order chi connectivity index (χ0) is 18.0. The van der Waals surface area contributed by atoms with Gasteiger partial charge < -0.3 is 20.4 Å². The van der Waals surface area contributed by atoms with Crippen molar-refractivity contribution in [2.75, 3.05) is 0 Å². The van der Waals surface area contributed by atoms with Crippen LogP contribution in [0.15, 0.2) is 17.7 Å². The molecule has 1 heterocycles. The molecule has 0 unspecified atom stereocenters. The maximum atomic E-state index is 12.7. The Morgan fingerprint density at radius 3 is 2.48 bits per heavy atom. The number of carbonyl (C=O) groups is 2. The van der Waals surface area contributed by atoms with Crippen LogP contribution in [0.3, 0.4) is 0 Å². The number of ether oxygens (including phenoxy) is 1. The topological polar surface area (TPSA) is 115 Å². The van der Waals surface area contributed by atoms with E-state index in [4.69, 9.17) is 16.3 Å². The molecule has 7 heteroatoms. The van der Waals surface area contributed by atoms with E-state index in [2.05, 4.69) is 0 Å². The lowest BCUT2D eigenvalue weighted by molar-refractivity contribution is -0.149. The molecule has 0 saturated heterocycles. The Labute approximate surface area is 151 Å². The van der Waals surface area contributed by atoms with E-state index in [1.165, 1.54) is 0 Å². The fraction of sp³-hybridized carbons (Fsp3) is 0.444. The average molecular weight is 371 g/mol. The number of allylic oxidation sites excluding steroid dienone is 2. The number of phenolic OH excluding ortho intramolecular Hbond substituents is 2. The van der Waals surface area contributed by atoms with Gasteiger partial charge in [-0.1, -0.05) is 24.6 Å². The smallest absolute Gasteiger partial charge is 0.310 e. The number of carbonyl (C=O) groups excluding carboxylic acids is 2. The van der Waals surface area contributed by atoms with Crippen LogP contribution < -0.4 is 0 Å². The van der Waals surface area contributed by atoms with E-state index in [0.717, 1.165) is 12.5 Å². The summed E-state index contributed by atoms with van der Waals surface area (Å²) in [7, 11) is 0. The van der Waals surface area contributed by atoms with Crippen LogP contribution in [0.25, 0.3) is 0 Å². The number of cyclic esters (lactones) is 1. The lowest BCUT2D eigenvalue weighted by Crippen LogP contribution is -2.24. The van der Waals surface area contributed by atoms with Crippen molar-refractivity contribution in [3.63, 3.8) is 0 Å². The van der Waals surface area contributed by atoms with Crippen molar-refractivity contribution in [1.29, 1.82) is 0 Å². The van der Waals surface area contributed by atoms with Gasteiger partial charge in [0.2, 0.25) is 0 Å². The third kappa shape index (κ3) is 4.52. The molecule has 6 nitrogen and oxygen atoms in total. The van der Waals surface area contributed by atoms with Crippen molar-refractivity contribution in [3.05, 3.63) is 33.9 Å². The first kappa shape index (κ1) is 21.0. The Morgan fingerprint density at radius 2 is 1.84 bits per heavy atom.